The summed E-state index contributed by atoms with van der Waals surface area (Å²) in [6, 6.07) is 0. The van der Waals surface area contributed by atoms with Crippen molar-refractivity contribution in [2.45, 2.75) is 18.4 Å². The monoisotopic (exact) mass is 243 g/mol. The molecule has 2 N–H and O–H groups in total. The van der Waals surface area contributed by atoms with Crippen LogP contribution in [0.2, 0.25) is 0 Å². The Morgan fingerprint density at radius 3 is 2.62 bits per heavy atom. The quantitative estimate of drug-likeness (QED) is 0.643. The number of aliphatic imine (C=N–C) groups is 1. The van der Waals surface area contributed by atoms with Crippen molar-refractivity contribution in [3.63, 3.8) is 0 Å². The van der Waals surface area contributed by atoms with Crippen molar-refractivity contribution in [2.75, 3.05) is 19.3 Å². The lowest BCUT2D eigenvalue weighted by molar-refractivity contribution is -0.125. The Kier molecular flexibility index (Phi) is 2.79. The molecule has 0 radical (unpaired) electrons. The number of amides is 2. The minimum atomic E-state index is -0.928. The molecule has 7 heteroatoms. The predicted octanol–water partition coefficient (Wildman–Crippen LogP) is 0.348. The first-order chi connectivity index (χ1) is 7.57. The highest BCUT2D eigenvalue weighted by Crippen LogP contribution is 2.31. The Labute approximate surface area is 97.1 Å². The van der Waals surface area contributed by atoms with Crippen LogP contribution in [-0.2, 0) is 4.79 Å². The predicted molar refractivity (Wildman–Crippen MR) is 60.7 cm³/mol. The van der Waals surface area contributed by atoms with Crippen molar-refractivity contribution < 1.29 is 14.7 Å². The van der Waals surface area contributed by atoms with Crippen molar-refractivity contribution in [1.82, 2.24) is 10.2 Å². The standard InChI is InChI=1S/C9H13N3O3S/c1-16-7-10-6(13)9(11-7)2-4-12(5-3-9)8(14)15/h2-5H2,1H3,(H,14,15)(H,10,11,13). The highest BCUT2D eigenvalue weighted by atomic mass is 32.2. The van der Waals surface area contributed by atoms with Gasteiger partial charge in [0.2, 0.25) is 0 Å². The van der Waals surface area contributed by atoms with Crippen molar-refractivity contribution in [2.24, 2.45) is 4.99 Å². The van der Waals surface area contributed by atoms with Crippen LogP contribution < -0.4 is 5.32 Å². The molecule has 88 valence electrons. The summed E-state index contributed by atoms with van der Waals surface area (Å²) < 4.78 is 0. The van der Waals surface area contributed by atoms with Gasteiger partial charge in [0.15, 0.2) is 5.17 Å². The first kappa shape index (κ1) is 11.3. The SMILES string of the molecule is CSC1=NC2(CCN(C(=O)O)CC2)C(=O)N1. The number of hydrogen-bond acceptors (Lipinski definition) is 4. The van der Waals surface area contributed by atoms with Crippen LogP contribution >= 0.6 is 11.8 Å². The van der Waals surface area contributed by atoms with Gasteiger partial charge in [0.25, 0.3) is 5.91 Å². The second kappa shape index (κ2) is 3.97. The van der Waals surface area contributed by atoms with Gasteiger partial charge in [0.05, 0.1) is 0 Å². The molecule has 0 saturated carbocycles. The van der Waals surface area contributed by atoms with Crippen molar-refractivity contribution in [1.29, 1.82) is 0 Å². The Morgan fingerprint density at radius 2 is 2.19 bits per heavy atom. The fraction of sp³-hybridized carbons (Fsp3) is 0.667. The molecule has 16 heavy (non-hydrogen) atoms. The van der Waals surface area contributed by atoms with Crippen LogP contribution in [0.3, 0.4) is 0 Å². The zero-order chi connectivity index (χ0) is 11.8. The average Bonchev–Trinajstić information content (AvgIpc) is 2.57. The molecular formula is C9H13N3O3S. The number of hydrogen-bond donors (Lipinski definition) is 2. The molecule has 2 aliphatic heterocycles. The number of piperidine rings is 1. The molecule has 2 amide bonds. The number of carbonyl (C=O) groups excluding carboxylic acids is 1. The first-order valence-electron chi connectivity index (χ1n) is 5.00. The van der Waals surface area contributed by atoms with Crippen LogP contribution in [-0.4, -0.2) is 52.1 Å². The van der Waals surface area contributed by atoms with Gasteiger partial charge in [0, 0.05) is 13.1 Å². The second-order valence-corrected chi connectivity index (χ2v) is 4.67. The maximum atomic E-state index is 11.8. The molecule has 0 aromatic rings. The third-order valence-corrected chi connectivity index (χ3v) is 3.59. The van der Waals surface area contributed by atoms with Crippen LogP contribution in [0.25, 0.3) is 0 Å². The topological polar surface area (TPSA) is 82.0 Å². The molecule has 0 unspecified atom stereocenters. The lowest BCUT2D eigenvalue weighted by Gasteiger charge is -2.33. The Hall–Kier alpha value is -1.24. The summed E-state index contributed by atoms with van der Waals surface area (Å²) in [6.45, 7) is 0.738. The molecule has 0 aromatic carbocycles. The minimum Gasteiger partial charge on any atom is -0.465 e. The second-order valence-electron chi connectivity index (χ2n) is 3.88. The van der Waals surface area contributed by atoms with E-state index in [0.717, 1.165) is 0 Å². The van der Waals surface area contributed by atoms with Crippen molar-refractivity contribution in [3.8, 4) is 0 Å². The van der Waals surface area contributed by atoms with Gasteiger partial charge >= 0.3 is 6.09 Å². The summed E-state index contributed by atoms with van der Waals surface area (Å²) >= 11 is 1.40. The number of nitrogens with zero attached hydrogens (tertiary/aromatic N) is 2. The number of rotatable bonds is 0. The highest BCUT2D eigenvalue weighted by Gasteiger charge is 2.46. The lowest BCUT2D eigenvalue weighted by atomic mass is 9.88. The van der Waals surface area contributed by atoms with Gasteiger partial charge in [-0.25, -0.2) is 9.79 Å². The van der Waals surface area contributed by atoms with E-state index >= 15 is 0 Å². The van der Waals surface area contributed by atoms with E-state index in [4.69, 9.17) is 5.11 Å². The van der Waals surface area contributed by atoms with Crippen molar-refractivity contribution >= 4 is 28.9 Å². The first-order valence-corrected chi connectivity index (χ1v) is 6.23. The normalized spacial score (nSPS) is 23.2. The maximum Gasteiger partial charge on any atom is 0.407 e. The summed E-state index contributed by atoms with van der Waals surface area (Å²) in [5.41, 5.74) is -0.718. The molecule has 1 saturated heterocycles. The molecule has 0 aliphatic carbocycles. The molecular weight excluding hydrogens is 230 g/mol. The Bertz CT molecular complexity index is 361. The van der Waals surface area contributed by atoms with Gasteiger partial charge in [-0.15, -0.1) is 0 Å². The summed E-state index contributed by atoms with van der Waals surface area (Å²) in [6.07, 6.45) is 1.86. The molecule has 0 bridgehead atoms. The summed E-state index contributed by atoms with van der Waals surface area (Å²) in [7, 11) is 0. The minimum absolute atomic E-state index is 0.0955. The summed E-state index contributed by atoms with van der Waals surface area (Å²) in [5, 5.41) is 12.2. The van der Waals surface area contributed by atoms with Crippen LogP contribution in [0.4, 0.5) is 4.79 Å². The number of nitrogens with one attached hydrogen (secondary N) is 1. The molecule has 1 spiro atoms. The van der Waals surface area contributed by atoms with Crippen molar-refractivity contribution in [3.05, 3.63) is 0 Å². The number of amidine groups is 1. The average molecular weight is 243 g/mol. The van der Waals surface area contributed by atoms with Gasteiger partial charge in [-0.2, -0.15) is 0 Å². The van der Waals surface area contributed by atoms with E-state index in [-0.39, 0.29) is 5.91 Å². The van der Waals surface area contributed by atoms with E-state index in [9.17, 15) is 9.59 Å². The van der Waals surface area contributed by atoms with Crippen LogP contribution in [0.5, 0.6) is 0 Å². The third-order valence-electron chi connectivity index (χ3n) is 3.01. The molecule has 0 aromatic heterocycles. The zero-order valence-electron chi connectivity index (χ0n) is 8.89. The van der Waals surface area contributed by atoms with Gasteiger partial charge in [-0.1, -0.05) is 11.8 Å². The van der Waals surface area contributed by atoms with Crippen LogP contribution in [0.1, 0.15) is 12.8 Å². The molecule has 2 rings (SSSR count). The summed E-state index contributed by atoms with van der Waals surface area (Å²) in [5.74, 6) is -0.0955. The van der Waals surface area contributed by atoms with Gasteiger partial charge in [-0.05, 0) is 19.1 Å². The van der Waals surface area contributed by atoms with E-state index in [1.54, 1.807) is 0 Å². The van der Waals surface area contributed by atoms with E-state index in [1.807, 2.05) is 6.26 Å². The van der Waals surface area contributed by atoms with E-state index in [2.05, 4.69) is 10.3 Å². The third kappa shape index (κ3) is 1.75. The smallest absolute Gasteiger partial charge is 0.407 e. The number of carboxylic acid groups (broad SMARTS) is 1. The van der Waals surface area contributed by atoms with Crippen LogP contribution in [0, 0.1) is 0 Å². The van der Waals surface area contributed by atoms with Gasteiger partial charge in [-0.3, -0.25) is 4.79 Å². The zero-order valence-corrected chi connectivity index (χ0v) is 9.71. The molecule has 0 atom stereocenters. The molecule has 6 nitrogen and oxygen atoms in total. The molecule has 1 fully saturated rings. The lowest BCUT2D eigenvalue weighted by Crippen LogP contribution is -2.50. The van der Waals surface area contributed by atoms with Crippen LogP contribution in [0.15, 0.2) is 4.99 Å². The van der Waals surface area contributed by atoms with E-state index < -0.39 is 11.6 Å². The van der Waals surface area contributed by atoms with Gasteiger partial charge in [0.1, 0.15) is 5.54 Å². The fourth-order valence-corrected chi connectivity index (χ4v) is 2.45. The fourth-order valence-electron chi connectivity index (χ4n) is 1.99. The van der Waals surface area contributed by atoms with Gasteiger partial charge < -0.3 is 15.3 Å². The summed E-state index contributed by atoms with van der Waals surface area (Å²) in [4.78, 5) is 28.2. The molecule has 2 heterocycles. The Morgan fingerprint density at radius 1 is 1.56 bits per heavy atom. The highest BCUT2D eigenvalue weighted by molar-refractivity contribution is 8.13. The number of carbonyl (C=O) groups is 2. The number of likely N-dealkylation sites (tertiary alicyclic amines) is 1. The number of thioether (sulfide) groups is 1. The maximum absolute atomic E-state index is 11.8. The Balaban J connectivity index is 2.10. The van der Waals surface area contributed by atoms with E-state index in [0.29, 0.717) is 31.1 Å². The van der Waals surface area contributed by atoms with E-state index in [1.165, 1.54) is 16.7 Å². The molecule has 2 aliphatic rings. The largest absolute Gasteiger partial charge is 0.465 e.